The van der Waals surface area contributed by atoms with E-state index < -0.39 is 0 Å². The predicted molar refractivity (Wildman–Crippen MR) is 68.7 cm³/mol. The molecular formula is C12H24N2S. The third kappa shape index (κ3) is 3.65. The molecule has 2 rings (SSSR count). The molecule has 0 aromatic carbocycles. The summed E-state index contributed by atoms with van der Waals surface area (Å²) in [7, 11) is 0. The van der Waals surface area contributed by atoms with Gasteiger partial charge in [-0.05, 0) is 32.9 Å². The SMILES string of the molecule is C[C@H]1CSCCN1CCN1CCCCC1. The Morgan fingerprint density at radius 2 is 1.87 bits per heavy atom. The zero-order valence-corrected chi connectivity index (χ0v) is 10.8. The van der Waals surface area contributed by atoms with Crippen LogP contribution in [-0.2, 0) is 0 Å². The maximum atomic E-state index is 2.67. The molecule has 0 aliphatic carbocycles. The van der Waals surface area contributed by atoms with Crippen LogP contribution in [0.2, 0.25) is 0 Å². The Kier molecular flexibility index (Phi) is 4.79. The molecular weight excluding hydrogens is 204 g/mol. The van der Waals surface area contributed by atoms with Crippen LogP contribution in [0.1, 0.15) is 26.2 Å². The Labute approximate surface area is 98.4 Å². The molecule has 0 saturated carbocycles. The van der Waals surface area contributed by atoms with Crippen LogP contribution in [0.15, 0.2) is 0 Å². The first-order valence-corrected chi connectivity index (χ1v) is 7.56. The van der Waals surface area contributed by atoms with Gasteiger partial charge in [-0.25, -0.2) is 0 Å². The molecule has 15 heavy (non-hydrogen) atoms. The summed E-state index contributed by atoms with van der Waals surface area (Å²) in [5.74, 6) is 2.67. The lowest BCUT2D eigenvalue weighted by Crippen LogP contribution is -2.45. The Morgan fingerprint density at radius 3 is 2.60 bits per heavy atom. The molecule has 2 nitrogen and oxygen atoms in total. The maximum absolute atomic E-state index is 2.67. The molecule has 0 bridgehead atoms. The van der Waals surface area contributed by atoms with Gasteiger partial charge < -0.3 is 4.90 Å². The van der Waals surface area contributed by atoms with E-state index in [1.165, 1.54) is 63.5 Å². The van der Waals surface area contributed by atoms with E-state index in [4.69, 9.17) is 0 Å². The number of piperidine rings is 1. The monoisotopic (exact) mass is 228 g/mol. The highest BCUT2D eigenvalue weighted by Gasteiger charge is 2.19. The smallest absolute Gasteiger partial charge is 0.0158 e. The van der Waals surface area contributed by atoms with Crippen molar-refractivity contribution in [1.82, 2.24) is 9.80 Å². The van der Waals surface area contributed by atoms with Crippen molar-refractivity contribution in [2.24, 2.45) is 0 Å². The van der Waals surface area contributed by atoms with Gasteiger partial charge in [-0.1, -0.05) is 6.42 Å². The zero-order valence-electron chi connectivity index (χ0n) is 9.95. The van der Waals surface area contributed by atoms with Gasteiger partial charge in [0.2, 0.25) is 0 Å². The summed E-state index contributed by atoms with van der Waals surface area (Å²) in [6.07, 6.45) is 4.30. The van der Waals surface area contributed by atoms with Crippen molar-refractivity contribution in [3.8, 4) is 0 Å². The number of hydrogen-bond donors (Lipinski definition) is 0. The van der Waals surface area contributed by atoms with Gasteiger partial charge in [0, 0.05) is 37.2 Å². The van der Waals surface area contributed by atoms with Crippen LogP contribution in [0.3, 0.4) is 0 Å². The van der Waals surface area contributed by atoms with Crippen molar-refractivity contribution in [2.45, 2.75) is 32.2 Å². The second kappa shape index (κ2) is 6.12. The van der Waals surface area contributed by atoms with Crippen molar-refractivity contribution in [2.75, 3.05) is 44.2 Å². The lowest BCUT2D eigenvalue weighted by Gasteiger charge is -2.35. The summed E-state index contributed by atoms with van der Waals surface area (Å²) >= 11 is 2.11. The lowest BCUT2D eigenvalue weighted by molar-refractivity contribution is 0.165. The van der Waals surface area contributed by atoms with Crippen LogP contribution in [0.5, 0.6) is 0 Å². The highest BCUT2D eigenvalue weighted by Crippen LogP contribution is 2.16. The molecule has 0 amide bonds. The van der Waals surface area contributed by atoms with Gasteiger partial charge in [0.05, 0.1) is 0 Å². The summed E-state index contributed by atoms with van der Waals surface area (Å²) in [5, 5.41) is 0. The van der Waals surface area contributed by atoms with Gasteiger partial charge in [-0.2, -0.15) is 11.8 Å². The molecule has 0 radical (unpaired) electrons. The third-order valence-electron chi connectivity index (χ3n) is 3.66. The van der Waals surface area contributed by atoms with Crippen molar-refractivity contribution < 1.29 is 0 Å². The van der Waals surface area contributed by atoms with Crippen LogP contribution in [0, 0.1) is 0 Å². The van der Waals surface area contributed by atoms with E-state index >= 15 is 0 Å². The molecule has 0 aromatic rings. The van der Waals surface area contributed by atoms with E-state index in [9.17, 15) is 0 Å². The van der Waals surface area contributed by atoms with Crippen molar-refractivity contribution in [3.63, 3.8) is 0 Å². The fraction of sp³-hybridized carbons (Fsp3) is 1.00. The molecule has 3 heteroatoms. The first-order chi connectivity index (χ1) is 7.36. The minimum absolute atomic E-state index is 0.800. The molecule has 2 aliphatic rings. The minimum Gasteiger partial charge on any atom is -0.302 e. The minimum atomic E-state index is 0.800. The van der Waals surface area contributed by atoms with Crippen LogP contribution in [0.25, 0.3) is 0 Å². The average Bonchev–Trinajstić information content (AvgIpc) is 2.29. The molecule has 2 heterocycles. The van der Waals surface area contributed by atoms with E-state index in [-0.39, 0.29) is 0 Å². The quantitative estimate of drug-likeness (QED) is 0.728. The molecule has 2 saturated heterocycles. The molecule has 0 aromatic heterocycles. The Morgan fingerprint density at radius 1 is 1.07 bits per heavy atom. The van der Waals surface area contributed by atoms with E-state index in [0.29, 0.717) is 0 Å². The first-order valence-electron chi connectivity index (χ1n) is 6.40. The van der Waals surface area contributed by atoms with Crippen molar-refractivity contribution >= 4 is 11.8 Å². The fourth-order valence-corrected chi connectivity index (χ4v) is 3.63. The maximum Gasteiger partial charge on any atom is 0.0158 e. The summed E-state index contributed by atoms with van der Waals surface area (Å²) in [4.78, 5) is 5.32. The largest absolute Gasteiger partial charge is 0.302 e. The lowest BCUT2D eigenvalue weighted by atomic mass is 10.1. The highest BCUT2D eigenvalue weighted by atomic mass is 32.2. The molecule has 1 atom stereocenters. The summed E-state index contributed by atoms with van der Waals surface area (Å²) < 4.78 is 0. The van der Waals surface area contributed by atoms with Gasteiger partial charge in [-0.15, -0.1) is 0 Å². The van der Waals surface area contributed by atoms with Crippen LogP contribution in [-0.4, -0.2) is 60.1 Å². The fourth-order valence-electron chi connectivity index (χ4n) is 2.55. The Balaban J connectivity index is 1.67. The average molecular weight is 228 g/mol. The van der Waals surface area contributed by atoms with E-state index in [1.54, 1.807) is 0 Å². The number of rotatable bonds is 3. The highest BCUT2D eigenvalue weighted by molar-refractivity contribution is 7.99. The van der Waals surface area contributed by atoms with Gasteiger partial charge >= 0.3 is 0 Å². The Bertz CT molecular complexity index is 180. The summed E-state index contributed by atoms with van der Waals surface area (Å²) in [5.41, 5.74) is 0. The van der Waals surface area contributed by atoms with E-state index in [1.807, 2.05) is 0 Å². The van der Waals surface area contributed by atoms with Gasteiger partial charge in [0.15, 0.2) is 0 Å². The Hall–Kier alpha value is 0.270. The van der Waals surface area contributed by atoms with Crippen LogP contribution in [0.4, 0.5) is 0 Å². The van der Waals surface area contributed by atoms with E-state index in [0.717, 1.165) is 6.04 Å². The second-order valence-electron chi connectivity index (χ2n) is 4.86. The first kappa shape index (κ1) is 11.7. The number of hydrogen-bond acceptors (Lipinski definition) is 3. The van der Waals surface area contributed by atoms with Gasteiger partial charge in [0.25, 0.3) is 0 Å². The second-order valence-corrected chi connectivity index (χ2v) is 6.01. The normalized spacial score (nSPS) is 30.6. The van der Waals surface area contributed by atoms with Crippen molar-refractivity contribution in [1.29, 1.82) is 0 Å². The molecule has 2 fully saturated rings. The zero-order chi connectivity index (χ0) is 10.5. The number of likely N-dealkylation sites (tertiary alicyclic amines) is 1. The topological polar surface area (TPSA) is 6.48 Å². The van der Waals surface area contributed by atoms with Gasteiger partial charge in [0.1, 0.15) is 0 Å². The standard InChI is InChI=1S/C12H24N2S/c1-12-11-15-10-9-14(12)8-7-13-5-3-2-4-6-13/h12H,2-11H2,1H3/t12-/m0/s1. The molecule has 0 unspecified atom stereocenters. The van der Waals surface area contributed by atoms with Crippen LogP contribution >= 0.6 is 11.8 Å². The third-order valence-corrected chi connectivity index (χ3v) is 4.85. The molecule has 2 aliphatic heterocycles. The number of nitrogens with zero attached hydrogens (tertiary/aromatic N) is 2. The number of thioether (sulfide) groups is 1. The van der Waals surface area contributed by atoms with Crippen LogP contribution < -0.4 is 0 Å². The predicted octanol–water partition coefficient (Wildman–Crippen LogP) is 1.91. The van der Waals surface area contributed by atoms with E-state index in [2.05, 4.69) is 28.5 Å². The molecule has 0 spiro atoms. The molecule has 0 N–H and O–H groups in total. The molecule has 88 valence electrons. The van der Waals surface area contributed by atoms with Gasteiger partial charge in [-0.3, -0.25) is 4.90 Å². The summed E-state index contributed by atoms with van der Waals surface area (Å²) in [6.45, 7) is 8.96. The summed E-state index contributed by atoms with van der Waals surface area (Å²) in [6, 6.07) is 0.800. The van der Waals surface area contributed by atoms with Crippen molar-refractivity contribution in [3.05, 3.63) is 0 Å².